The molecule has 3 rings (SSSR count). The van der Waals surface area contributed by atoms with Crippen molar-refractivity contribution in [3.05, 3.63) is 30.0 Å². The van der Waals surface area contributed by atoms with Gasteiger partial charge in [0.25, 0.3) is 0 Å². The van der Waals surface area contributed by atoms with Gasteiger partial charge in [0.15, 0.2) is 0 Å². The van der Waals surface area contributed by atoms with E-state index in [4.69, 9.17) is 10.2 Å². The molecule has 1 aliphatic heterocycles. The number of aryl methyl sites for hydroxylation is 1. The molecule has 1 fully saturated rings. The Morgan fingerprint density at radius 2 is 2.33 bits per heavy atom. The Kier molecular flexibility index (Phi) is 3.00. The predicted octanol–water partition coefficient (Wildman–Crippen LogP) is 2.92. The van der Waals surface area contributed by atoms with E-state index in [0.29, 0.717) is 6.04 Å². The number of hydrogen-bond donors (Lipinski definition) is 1. The molecule has 1 aromatic heterocycles. The molecule has 1 aromatic carbocycles. The first-order valence-corrected chi connectivity index (χ1v) is 6.80. The van der Waals surface area contributed by atoms with Crippen LogP contribution in [0.2, 0.25) is 0 Å². The van der Waals surface area contributed by atoms with Gasteiger partial charge in [-0.25, -0.2) is 0 Å². The van der Waals surface area contributed by atoms with Crippen molar-refractivity contribution < 1.29 is 4.42 Å². The Bertz CT molecular complexity index is 546. The maximum atomic E-state index is 6.07. The van der Waals surface area contributed by atoms with Crippen LogP contribution in [-0.4, -0.2) is 19.1 Å². The van der Waals surface area contributed by atoms with Crippen LogP contribution in [0.3, 0.4) is 0 Å². The first kappa shape index (κ1) is 11.6. The van der Waals surface area contributed by atoms with E-state index >= 15 is 0 Å². The van der Waals surface area contributed by atoms with E-state index in [0.717, 1.165) is 37.3 Å². The van der Waals surface area contributed by atoms with Gasteiger partial charge in [0.05, 0.1) is 0 Å². The molecule has 1 atom stereocenters. The first-order valence-electron chi connectivity index (χ1n) is 6.80. The minimum atomic E-state index is 0.298. The lowest BCUT2D eigenvalue weighted by Crippen LogP contribution is -2.42. The maximum absolute atomic E-state index is 6.07. The van der Waals surface area contributed by atoms with E-state index in [1.807, 2.05) is 6.07 Å². The number of rotatable bonds is 2. The summed E-state index contributed by atoms with van der Waals surface area (Å²) in [6.45, 7) is 4.17. The summed E-state index contributed by atoms with van der Waals surface area (Å²) in [6, 6.07) is 8.76. The van der Waals surface area contributed by atoms with Crippen molar-refractivity contribution in [2.45, 2.75) is 32.2 Å². The normalized spacial score (nSPS) is 20.6. The van der Waals surface area contributed by atoms with Gasteiger partial charge < -0.3 is 15.1 Å². The van der Waals surface area contributed by atoms with E-state index in [1.165, 1.54) is 17.5 Å². The molecule has 0 bridgehead atoms. The van der Waals surface area contributed by atoms with Gasteiger partial charge in [-0.3, -0.25) is 0 Å². The van der Waals surface area contributed by atoms with Crippen LogP contribution >= 0.6 is 0 Å². The molecule has 2 heterocycles. The molecule has 0 aliphatic carbocycles. The molecule has 1 aliphatic rings. The second-order valence-corrected chi connectivity index (χ2v) is 5.10. The highest BCUT2D eigenvalue weighted by molar-refractivity contribution is 5.91. The molecule has 1 saturated heterocycles. The van der Waals surface area contributed by atoms with Crippen molar-refractivity contribution in [2.24, 2.45) is 5.73 Å². The molecular formula is C15H20N2O. The number of fused-ring (bicyclic) bond motifs is 1. The summed E-state index contributed by atoms with van der Waals surface area (Å²) in [4.78, 5) is 2.39. The van der Waals surface area contributed by atoms with E-state index < -0.39 is 0 Å². The lowest BCUT2D eigenvalue weighted by atomic mass is 10.0. The van der Waals surface area contributed by atoms with Gasteiger partial charge in [-0.15, -0.1) is 0 Å². The molecule has 0 radical (unpaired) electrons. The van der Waals surface area contributed by atoms with Crippen LogP contribution in [0.4, 0.5) is 5.69 Å². The van der Waals surface area contributed by atoms with E-state index in [9.17, 15) is 0 Å². The Morgan fingerprint density at radius 3 is 3.11 bits per heavy atom. The number of hydrogen-bond acceptors (Lipinski definition) is 3. The maximum Gasteiger partial charge on any atom is 0.136 e. The Hall–Kier alpha value is -1.48. The third-order valence-electron chi connectivity index (χ3n) is 3.74. The van der Waals surface area contributed by atoms with Crippen molar-refractivity contribution >= 4 is 16.7 Å². The number of piperidine rings is 1. The third-order valence-corrected chi connectivity index (χ3v) is 3.74. The lowest BCUT2D eigenvalue weighted by molar-refractivity contribution is 0.507. The van der Waals surface area contributed by atoms with Crippen LogP contribution in [0.5, 0.6) is 0 Å². The van der Waals surface area contributed by atoms with E-state index in [1.54, 1.807) is 0 Å². The summed E-state index contributed by atoms with van der Waals surface area (Å²) in [5.41, 5.74) is 8.33. The minimum Gasteiger partial charge on any atom is -0.461 e. The summed E-state index contributed by atoms with van der Waals surface area (Å²) in [5.74, 6) is 1.05. The second kappa shape index (κ2) is 4.65. The molecule has 0 spiro atoms. The van der Waals surface area contributed by atoms with E-state index in [2.05, 4.69) is 30.0 Å². The summed E-state index contributed by atoms with van der Waals surface area (Å²) in [5, 5.41) is 1.23. The van der Waals surface area contributed by atoms with Gasteiger partial charge in [0.1, 0.15) is 11.3 Å². The number of benzene rings is 1. The van der Waals surface area contributed by atoms with Gasteiger partial charge >= 0.3 is 0 Å². The SMILES string of the molecule is CCc1cc2c(N3CCCC(N)C3)cccc2o1. The smallest absolute Gasteiger partial charge is 0.136 e. The van der Waals surface area contributed by atoms with Crippen molar-refractivity contribution in [1.82, 2.24) is 0 Å². The summed E-state index contributed by atoms with van der Waals surface area (Å²) in [6.07, 6.45) is 3.25. The van der Waals surface area contributed by atoms with Crippen molar-refractivity contribution in [1.29, 1.82) is 0 Å². The molecule has 3 heteroatoms. The van der Waals surface area contributed by atoms with Gasteiger partial charge in [-0.2, -0.15) is 0 Å². The molecule has 0 amide bonds. The summed E-state index contributed by atoms with van der Waals surface area (Å²) in [7, 11) is 0. The zero-order valence-electron chi connectivity index (χ0n) is 10.9. The van der Waals surface area contributed by atoms with Crippen LogP contribution < -0.4 is 10.6 Å². The number of furan rings is 1. The van der Waals surface area contributed by atoms with Crippen LogP contribution in [-0.2, 0) is 6.42 Å². The van der Waals surface area contributed by atoms with Crippen molar-refractivity contribution in [3.63, 3.8) is 0 Å². The van der Waals surface area contributed by atoms with Crippen molar-refractivity contribution in [2.75, 3.05) is 18.0 Å². The van der Waals surface area contributed by atoms with Gasteiger partial charge in [-0.05, 0) is 31.0 Å². The van der Waals surface area contributed by atoms with Crippen LogP contribution in [0, 0.1) is 0 Å². The number of anilines is 1. The van der Waals surface area contributed by atoms with Gasteiger partial charge in [0.2, 0.25) is 0 Å². The topological polar surface area (TPSA) is 42.4 Å². The van der Waals surface area contributed by atoms with Gasteiger partial charge in [-0.1, -0.05) is 13.0 Å². The molecule has 3 nitrogen and oxygen atoms in total. The molecule has 96 valence electrons. The Labute approximate surface area is 108 Å². The molecule has 2 N–H and O–H groups in total. The highest BCUT2D eigenvalue weighted by atomic mass is 16.3. The number of nitrogens with two attached hydrogens (primary N) is 1. The molecule has 0 saturated carbocycles. The monoisotopic (exact) mass is 244 g/mol. The zero-order valence-corrected chi connectivity index (χ0v) is 10.9. The molecule has 18 heavy (non-hydrogen) atoms. The fraction of sp³-hybridized carbons (Fsp3) is 0.467. The average Bonchev–Trinajstić information content (AvgIpc) is 2.81. The molecule has 1 unspecified atom stereocenters. The third kappa shape index (κ3) is 1.99. The van der Waals surface area contributed by atoms with E-state index in [-0.39, 0.29) is 0 Å². The fourth-order valence-corrected chi connectivity index (χ4v) is 2.78. The zero-order chi connectivity index (χ0) is 12.5. The largest absolute Gasteiger partial charge is 0.461 e. The Balaban J connectivity index is 2.02. The van der Waals surface area contributed by atoms with Gasteiger partial charge in [0, 0.05) is 36.6 Å². The van der Waals surface area contributed by atoms with Crippen LogP contribution in [0.25, 0.3) is 11.0 Å². The van der Waals surface area contributed by atoms with Crippen molar-refractivity contribution in [3.8, 4) is 0 Å². The van der Waals surface area contributed by atoms with Crippen LogP contribution in [0.15, 0.2) is 28.7 Å². The standard InChI is InChI=1S/C15H20N2O/c1-2-12-9-13-14(6-3-7-15(13)18-12)17-8-4-5-11(16)10-17/h3,6-7,9,11H,2,4-5,8,10,16H2,1H3. The summed E-state index contributed by atoms with van der Waals surface area (Å²) < 4.78 is 5.82. The number of nitrogens with zero attached hydrogens (tertiary/aromatic N) is 1. The lowest BCUT2D eigenvalue weighted by Gasteiger charge is -2.32. The fourth-order valence-electron chi connectivity index (χ4n) is 2.78. The highest BCUT2D eigenvalue weighted by Crippen LogP contribution is 2.31. The predicted molar refractivity (Wildman–Crippen MR) is 75.0 cm³/mol. The summed E-state index contributed by atoms with van der Waals surface area (Å²) >= 11 is 0. The molecular weight excluding hydrogens is 224 g/mol. The average molecular weight is 244 g/mol. The first-order chi connectivity index (χ1) is 8.78. The highest BCUT2D eigenvalue weighted by Gasteiger charge is 2.19. The van der Waals surface area contributed by atoms with Crippen LogP contribution in [0.1, 0.15) is 25.5 Å². The molecule has 2 aromatic rings. The minimum absolute atomic E-state index is 0.298. The second-order valence-electron chi connectivity index (χ2n) is 5.10. The Morgan fingerprint density at radius 1 is 1.44 bits per heavy atom. The quantitative estimate of drug-likeness (QED) is 0.883.